The molecule has 1 nitrogen and oxygen atoms in total. The van der Waals surface area contributed by atoms with Crippen molar-refractivity contribution in [1.29, 1.82) is 0 Å². The van der Waals surface area contributed by atoms with Gasteiger partial charge in [0.15, 0.2) is 0 Å². The number of rotatable bonds is 8. The van der Waals surface area contributed by atoms with Crippen molar-refractivity contribution < 1.29 is 0 Å². The van der Waals surface area contributed by atoms with Crippen LogP contribution in [0.1, 0.15) is 80.8 Å². The van der Waals surface area contributed by atoms with Crippen LogP contribution in [-0.4, -0.2) is 6.04 Å². The Morgan fingerprint density at radius 2 is 1.05 bits per heavy atom. The van der Waals surface area contributed by atoms with Gasteiger partial charge in [0.25, 0.3) is 0 Å². The third-order valence-corrected chi connectivity index (χ3v) is 14.7. The Labute approximate surface area is 374 Å². The van der Waals surface area contributed by atoms with E-state index in [1.807, 2.05) is 0 Å². The van der Waals surface area contributed by atoms with Crippen molar-refractivity contribution in [3.8, 4) is 44.5 Å². The van der Waals surface area contributed by atoms with Crippen LogP contribution in [0.3, 0.4) is 0 Å². The first kappa shape index (κ1) is 39.2. The molecule has 1 heteroatoms. The number of anilines is 1. The van der Waals surface area contributed by atoms with Crippen molar-refractivity contribution in [1.82, 2.24) is 0 Å². The summed E-state index contributed by atoms with van der Waals surface area (Å²) in [5.74, 6) is 0.585. The highest BCUT2D eigenvalue weighted by Crippen LogP contribution is 2.52. The maximum atomic E-state index is 2.59. The largest absolute Gasteiger partial charge is 0.360 e. The van der Waals surface area contributed by atoms with Gasteiger partial charge in [0, 0.05) is 23.1 Å². The molecule has 4 aliphatic rings. The minimum absolute atomic E-state index is 0.00983. The molecule has 7 aromatic rings. The molecule has 11 rings (SSSR count). The van der Waals surface area contributed by atoms with Crippen LogP contribution in [0.25, 0.3) is 55.7 Å². The molecule has 0 aliphatic heterocycles. The third-order valence-electron chi connectivity index (χ3n) is 14.7. The van der Waals surface area contributed by atoms with Gasteiger partial charge in [-0.1, -0.05) is 205 Å². The van der Waals surface area contributed by atoms with E-state index in [1.165, 1.54) is 94.7 Å². The summed E-state index contributed by atoms with van der Waals surface area (Å²) >= 11 is 0. The summed E-state index contributed by atoms with van der Waals surface area (Å²) in [5.41, 5.74) is 24.1. The second-order valence-corrected chi connectivity index (χ2v) is 19.4. The van der Waals surface area contributed by atoms with Gasteiger partial charge in [0.05, 0.1) is 6.04 Å². The number of nitrogens with zero attached hydrogens (tertiary/aromatic N) is 1. The fourth-order valence-electron chi connectivity index (χ4n) is 11.0. The van der Waals surface area contributed by atoms with E-state index in [4.69, 9.17) is 0 Å². The van der Waals surface area contributed by atoms with Crippen LogP contribution in [0.5, 0.6) is 0 Å². The van der Waals surface area contributed by atoms with Crippen LogP contribution in [0.15, 0.2) is 200 Å². The normalized spacial score (nSPS) is 18.7. The lowest BCUT2D eigenvalue weighted by Gasteiger charge is -2.33. The molecule has 2 atom stereocenters. The van der Waals surface area contributed by atoms with Crippen molar-refractivity contribution in [3.63, 3.8) is 0 Å². The molecule has 4 aliphatic carbocycles. The van der Waals surface area contributed by atoms with Gasteiger partial charge in [-0.25, -0.2) is 0 Å². The highest BCUT2D eigenvalue weighted by atomic mass is 15.2. The Bertz CT molecular complexity index is 3000. The maximum Gasteiger partial charge on any atom is 0.0514 e. The zero-order valence-corrected chi connectivity index (χ0v) is 37.2. The number of benzene rings is 7. The van der Waals surface area contributed by atoms with Gasteiger partial charge >= 0.3 is 0 Å². The van der Waals surface area contributed by atoms with Crippen molar-refractivity contribution in [2.45, 2.75) is 70.9 Å². The van der Waals surface area contributed by atoms with Gasteiger partial charge in [0.1, 0.15) is 0 Å². The first-order valence-electron chi connectivity index (χ1n) is 22.9. The minimum Gasteiger partial charge on any atom is -0.360 e. The van der Waals surface area contributed by atoms with Crippen molar-refractivity contribution >= 4 is 16.8 Å². The summed E-state index contributed by atoms with van der Waals surface area (Å²) in [6, 6.07) is 61.6. The summed E-state index contributed by atoms with van der Waals surface area (Å²) in [4.78, 5) is 2.59. The predicted molar refractivity (Wildman–Crippen MR) is 268 cm³/mol. The smallest absolute Gasteiger partial charge is 0.0514 e. The second kappa shape index (κ2) is 15.3. The number of hydrogen-bond donors (Lipinski definition) is 0. The molecular weight excluding hydrogens is 759 g/mol. The van der Waals surface area contributed by atoms with Crippen LogP contribution < -0.4 is 4.90 Å². The lowest BCUT2D eigenvalue weighted by Crippen LogP contribution is -2.34. The molecule has 0 spiro atoms. The number of fused-ring (bicyclic) bond motifs is 5. The molecule has 63 heavy (non-hydrogen) atoms. The molecule has 0 N–H and O–H groups in total. The quantitative estimate of drug-likeness (QED) is 0.148. The maximum absolute atomic E-state index is 2.59. The van der Waals surface area contributed by atoms with E-state index in [9.17, 15) is 0 Å². The van der Waals surface area contributed by atoms with E-state index in [0.717, 1.165) is 19.4 Å². The highest BCUT2D eigenvalue weighted by Gasteiger charge is 2.38. The van der Waals surface area contributed by atoms with E-state index in [0.29, 0.717) is 5.92 Å². The molecule has 308 valence electrons. The lowest BCUT2D eigenvalue weighted by molar-refractivity contribution is 0.643. The fourth-order valence-corrected chi connectivity index (χ4v) is 11.0. The van der Waals surface area contributed by atoms with Crippen LogP contribution in [0, 0.1) is 5.92 Å². The average molecular weight is 814 g/mol. The van der Waals surface area contributed by atoms with Gasteiger partial charge in [-0.15, -0.1) is 0 Å². The molecule has 2 unspecified atom stereocenters. The molecular formula is C62H55N. The first-order valence-corrected chi connectivity index (χ1v) is 22.9. The van der Waals surface area contributed by atoms with Crippen LogP contribution in [0.4, 0.5) is 5.69 Å². The average Bonchev–Trinajstić information content (AvgIpc) is 3.69. The van der Waals surface area contributed by atoms with Crippen molar-refractivity contribution in [2.75, 3.05) is 4.90 Å². The molecule has 0 radical (unpaired) electrons. The van der Waals surface area contributed by atoms with Crippen molar-refractivity contribution in [2.24, 2.45) is 5.92 Å². The van der Waals surface area contributed by atoms with Crippen LogP contribution in [-0.2, 0) is 17.4 Å². The molecule has 7 aromatic carbocycles. The predicted octanol–water partition coefficient (Wildman–Crippen LogP) is 16.1. The molecule has 0 aromatic heterocycles. The van der Waals surface area contributed by atoms with Crippen LogP contribution >= 0.6 is 0 Å². The van der Waals surface area contributed by atoms with E-state index in [1.54, 1.807) is 5.57 Å². The fraction of sp³-hybridized carbons (Fsp3) is 0.194. The summed E-state index contributed by atoms with van der Waals surface area (Å²) in [5, 5.41) is 0. The van der Waals surface area contributed by atoms with Crippen molar-refractivity contribution in [3.05, 3.63) is 233 Å². The molecule has 0 heterocycles. The van der Waals surface area contributed by atoms with Gasteiger partial charge in [-0.05, 0) is 138 Å². The molecule has 0 fully saturated rings. The van der Waals surface area contributed by atoms with E-state index in [-0.39, 0.29) is 16.9 Å². The van der Waals surface area contributed by atoms with E-state index >= 15 is 0 Å². The Morgan fingerprint density at radius 3 is 1.76 bits per heavy atom. The zero-order chi connectivity index (χ0) is 42.9. The molecule has 0 bridgehead atoms. The van der Waals surface area contributed by atoms with Gasteiger partial charge in [0.2, 0.25) is 0 Å². The summed E-state index contributed by atoms with van der Waals surface area (Å²) in [6.45, 7) is 12.7. The molecule has 0 saturated carbocycles. The molecule has 0 amide bonds. The van der Waals surface area contributed by atoms with Gasteiger partial charge in [-0.3, -0.25) is 0 Å². The zero-order valence-electron chi connectivity index (χ0n) is 37.2. The number of hydrogen-bond acceptors (Lipinski definition) is 1. The second-order valence-electron chi connectivity index (χ2n) is 19.4. The Morgan fingerprint density at radius 1 is 0.492 bits per heavy atom. The number of allylic oxidation sites excluding steroid dienone is 6. The minimum atomic E-state index is -0.0180. The first-order chi connectivity index (χ1) is 30.6. The topological polar surface area (TPSA) is 3.24 Å². The molecule has 0 saturated heterocycles. The SMILES string of the molecule is CC1C=CC2=C(C1)c1ccc(-c3ccc(N(Cc4ccc(-c5ccc(-c6ccccc6)cc5)cc4)C4C=CC(c5ccc6c(c5)C(C)(C)c5ccccc5-6)=CC4)cc3)cc1C2(C)C. The summed E-state index contributed by atoms with van der Waals surface area (Å²) < 4.78 is 0. The van der Waals surface area contributed by atoms with Crippen LogP contribution in [0.2, 0.25) is 0 Å². The Kier molecular flexibility index (Phi) is 9.50. The highest BCUT2D eigenvalue weighted by molar-refractivity contribution is 5.87. The third kappa shape index (κ3) is 6.86. The summed E-state index contributed by atoms with van der Waals surface area (Å²) in [7, 11) is 0. The monoisotopic (exact) mass is 813 g/mol. The summed E-state index contributed by atoms with van der Waals surface area (Å²) in [6.07, 6.45) is 14.1. The Balaban J connectivity index is 0.877. The standard InChI is InChI=1S/C62H55N/c1-41-15-36-58-56(37-41)55-35-29-50(39-60(55)62(58,4)5)48-26-32-52(33-27-48)63(40-42-16-18-44(19-17-42)46-22-20-45(21-23-46)43-11-7-6-8-12-43)51-30-24-47(25-31-51)49-28-34-54-53-13-9-10-14-57(53)61(2,3)59(54)38-49/h6-30,32-36,38-39,41,51H,31,37,40H2,1-5H3. The lowest BCUT2D eigenvalue weighted by atomic mass is 9.78. The Hall–Kier alpha value is -6.70. The van der Waals surface area contributed by atoms with E-state index in [2.05, 4.69) is 234 Å². The van der Waals surface area contributed by atoms with Gasteiger partial charge in [-0.2, -0.15) is 0 Å². The van der Waals surface area contributed by atoms with E-state index < -0.39 is 0 Å². The van der Waals surface area contributed by atoms with Gasteiger partial charge < -0.3 is 4.90 Å².